The van der Waals surface area contributed by atoms with Crippen LogP contribution in [0, 0.1) is 5.92 Å². The number of nitrogens with one attached hydrogen (secondary N) is 1. The Bertz CT molecular complexity index is 495. The van der Waals surface area contributed by atoms with Gasteiger partial charge in [-0.25, -0.2) is 0 Å². The van der Waals surface area contributed by atoms with Crippen molar-refractivity contribution in [1.29, 1.82) is 0 Å². The molecule has 0 aromatic carbocycles. The van der Waals surface area contributed by atoms with E-state index in [4.69, 9.17) is 11.6 Å². The van der Waals surface area contributed by atoms with Crippen molar-refractivity contribution in [2.24, 2.45) is 5.92 Å². The molecule has 0 radical (unpaired) electrons. The predicted octanol–water partition coefficient (Wildman–Crippen LogP) is 1.58. The number of rotatable bonds is 7. The highest BCUT2D eigenvalue weighted by Crippen LogP contribution is 2.22. The average molecular weight is 359 g/mol. The maximum Gasteiger partial charge on any atom is 0.223 e. The van der Waals surface area contributed by atoms with Crippen LogP contribution in [0.1, 0.15) is 19.3 Å². The summed E-state index contributed by atoms with van der Waals surface area (Å²) >= 11 is 7.46. The number of aromatic nitrogens is 2. The lowest BCUT2D eigenvalue weighted by molar-refractivity contribution is -0.126. The zero-order valence-corrected chi connectivity index (χ0v) is 14.8. The largest absolute Gasteiger partial charge is 0.394 e. The number of piperidine rings is 1. The van der Waals surface area contributed by atoms with E-state index in [-0.39, 0.29) is 24.5 Å². The molecular formula is C15H23ClN4O2S. The highest BCUT2D eigenvalue weighted by atomic mass is 35.5. The molecule has 23 heavy (non-hydrogen) atoms. The van der Waals surface area contributed by atoms with Gasteiger partial charge in [-0.15, -0.1) is 10.2 Å². The van der Waals surface area contributed by atoms with Gasteiger partial charge in [-0.3, -0.25) is 4.79 Å². The molecule has 1 fully saturated rings. The first kappa shape index (κ1) is 18.3. The molecule has 1 aliphatic rings. The smallest absolute Gasteiger partial charge is 0.223 e. The number of halogens is 1. The van der Waals surface area contributed by atoms with Crippen LogP contribution in [0.5, 0.6) is 0 Å². The second kappa shape index (κ2) is 9.30. The number of amides is 1. The summed E-state index contributed by atoms with van der Waals surface area (Å²) in [5.41, 5.74) is 0. The zero-order chi connectivity index (χ0) is 16.7. The summed E-state index contributed by atoms with van der Waals surface area (Å²) in [6.45, 7) is 1.53. The van der Waals surface area contributed by atoms with Crippen LogP contribution in [0.3, 0.4) is 0 Å². The number of carbonyl (C=O) groups excluding carboxylic acids is 1. The van der Waals surface area contributed by atoms with Crippen LogP contribution in [0.4, 0.5) is 5.82 Å². The Hall–Kier alpha value is -1.05. The van der Waals surface area contributed by atoms with E-state index in [1.807, 2.05) is 12.3 Å². The molecule has 1 aliphatic heterocycles. The van der Waals surface area contributed by atoms with E-state index in [1.54, 1.807) is 17.8 Å². The van der Waals surface area contributed by atoms with Crippen molar-refractivity contribution in [3.8, 4) is 0 Å². The standard InChI is InChI=1S/C15H23ClN4O2S/c1-23-9-6-12(10-21)17-15(22)11-4-7-20(8-5-11)14-3-2-13(16)18-19-14/h2-3,11-12,21H,4-10H2,1H3,(H,17,22)/t12-/m0/s1. The molecule has 1 atom stereocenters. The van der Waals surface area contributed by atoms with Crippen LogP contribution < -0.4 is 10.2 Å². The van der Waals surface area contributed by atoms with Crippen LogP contribution in [0.25, 0.3) is 0 Å². The fourth-order valence-corrected chi connectivity index (χ4v) is 3.26. The van der Waals surface area contributed by atoms with Crippen LogP contribution in [-0.4, -0.2) is 59.0 Å². The third-order valence-electron chi connectivity index (χ3n) is 4.04. The monoisotopic (exact) mass is 358 g/mol. The minimum atomic E-state index is -0.143. The number of aliphatic hydroxyl groups is 1. The summed E-state index contributed by atoms with van der Waals surface area (Å²) in [7, 11) is 0. The summed E-state index contributed by atoms with van der Waals surface area (Å²) in [5, 5.41) is 20.6. The van der Waals surface area contributed by atoms with Gasteiger partial charge < -0.3 is 15.3 Å². The molecule has 1 aromatic rings. The summed E-state index contributed by atoms with van der Waals surface area (Å²) in [6, 6.07) is 3.43. The first-order chi connectivity index (χ1) is 11.1. The molecule has 6 nitrogen and oxygen atoms in total. The summed E-state index contributed by atoms with van der Waals surface area (Å²) < 4.78 is 0. The average Bonchev–Trinajstić information content (AvgIpc) is 2.59. The predicted molar refractivity (Wildman–Crippen MR) is 94.0 cm³/mol. The van der Waals surface area contributed by atoms with Crippen molar-refractivity contribution in [2.75, 3.05) is 36.6 Å². The topological polar surface area (TPSA) is 78.4 Å². The van der Waals surface area contributed by atoms with E-state index in [0.29, 0.717) is 5.15 Å². The molecule has 0 spiro atoms. The molecule has 0 saturated carbocycles. The lowest BCUT2D eigenvalue weighted by Crippen LogP contribution is -2.45. The van der Waals surface area contributed by atoms with E-state index in [9.17, 15) is 9.90 Å². The summed E-state index contributed by atoms with van der Waals surface area (Å²) in [4.78, 5) is 14.4. The van der Waals surface area contributed by atoms with Gasteiger partial charge in [-0.05, 0) is 43.4 Å². The normalized spacial score (nSPS) is 17.1. The Morgan fingerprint density at radius 3 is 2.78 bits per heavy atom. The Balaban J connectivity index is 1.81. The summed E-state index contributed by atoms with van der Waals surface area (Å²) in [6.07, 6.45) is 4.36. The fraction of sp³-hybridized carbons (Fsp3) is 0.667. The zero-order valence-electron chi connectivity index (χ0n) is 13.2. The van der Waals surface area contributed by atoms with Gasteiger partial charge in [0.2, 0.25) is 5.91 Å². The molecular weight excluding hydrogens is 336 g/mol. The van der Waals surface area contributed by atoms with Gasteiger partial charge in [0.15, 0.2) is 11.0 Å². The van der Waals surface area contributed by atoms with E-state index >= 15 is 0 Å². The van der Waals surface area contributed by atoms with Crippen molar-refractivity contribution in [3.05, 3.63) is 17.3 Å². The molecule has 1 saturated heterocycles. The number of anilines is 1. The highest BCUT2D eigenvalue weighted by Gasteiger charge is 2.27. The summed E-state index contributed by atoms with van der Waals surface area (Å²) in [5.74, 6) is 1.77. The molecule has 8 heteroatoms. The number of hydrogen-bond acceptors (Lipinski definition) is 6. The minimum Gasteiger partial charge on any atom is -0.394 e. The number of hydrogen-bond donors (Lipinski definition) is 2. The molecule has 0 aliphatic carbocycles. The SMILES string of the molecule is CSCC[C@@H](CO)NC(=O)C1CCN(c2ccc(Cl)nn2)CC1. The first-order valence-corrected chi connectivity index (χ1v) is 9.55. The van der Waals surface area contributed by atoms with Gasteiger partial charge in [-0.2, -0.15) is 11.8 Å². The Morgan fingerprint density at radius 1 is 1.48 bits per heavy atom. The Kier molecular flexibility index (Phi) is 7.39. The van der Waals surface area contributed by atoms with Crippen LogP contribution in [-0.2, 0) is 4.79 Å². The quantitative estimate of drug-likeness (QED) is 0.770. The second-order valence-corrected chi connectivity index (χ2v) is 7.02. The fourth-order valence-electron chi connectivity index (χ4n) is 2.64. The number of nitrogens with zero attached hydrogens (tertiary/aromatic N) is 3. The first-order valence-electron chi connectivity index (χ1n) is 7.78. The van der Waals surface area contributed by atoms with Crippen LogP contribution >= 0.6 is 23.4 Å². The number of thioether (sulfide) groups is 1. The van der Waals surface area contributed by atoms with Crippen molar-refractivity contribution >= 4 is 35.1 Å². The molecule has 1 amide bonds. The van der Waals surface area contributed by atoms with Gasteiger partial charge in [0.05, 0.1) is 12.6 Å². The van der Waals surface area contributed by atoms with Gasteiger partial charge in [-0.1, -0.05) is 11.6 Å². The van der Waals surface area contributed by atoms with Crippen molar-refractivity contribution < 1.29 is 9.90 Å². The molecule has 2 N–H and O–H groups in total. The van der Waals surface area contributed by atoms with Gasteiger partial charge >= 0.3 is 0 Å². The van der Waals surface area contributed by atoms with Crippen molar-refractivity contribution in [1.82, 2.24) is 15.5 Å². The lowest BCUT2D eigenvalue weighted by Gasteiger charge is -2.32. The highest BCUT2D eigenvalue weighted by molar-refractivity contribution is 7.98. The van der Waals surface area contributed by atoms with Crippen molar-refractivity contribution in [2.45, 2.75) is 25.3 Å². The van der Waals surface area contributed by atoms with E-state index in [1.165, 1.54) is 0 Å². The van der Waals surface area contributed by atoms with Gasteiger partial charge in [0.25, 0.3) is 0 Å². The molecule has 0 unspecified atom stereocenters. The lowest BCUT2D eigenvalue weighted by atomic mass is 9.95. The maximum atomic E-state index is 12.3. The molecule has 0 bridgehead atoms. The minimum absolute atomic E-state index is 0.00478. The van der Waals surface area contributed by atoms with Gasteiger partial charge in [0, 0.05) is 19.0 Å². The number of carbonyl (C=O) groups is 1. The molecule has 128 valence electrons. The Labute approximate surface area is 146 Å². The van der Waals surface area contributed by atoms with E-state index < -0.39 is 0 Å². The van der Waals surface area contributed by atoms with E-state index in [0.717, 1.165) is 43.9 Å². The van der Waals surface area contributed by atoms with Crippen molar-refractivity contribution in [3.63, 3.8) is 0 Å². The molecule has 2 heterocycles. The third-order valence-corrected chi connectivity index (χ3v) is 4.89. The second-order valence-electron chi connectivity index (χ2n) is 5.65. The Morgan fingerprint density at radius 2 is 2.22 bits per heavy atom. The van der Waals surface area contributed by atoms with Gasteiger partial charge in [0.1, 0.15) is 0 Å². The third kappa shape index (κ3) is 5.51. The molecule has 2 rings (SSSR count). The van der Waals surface area contributed by atoms with E-state index in [2.05, 4.69) is 20.4 Å². The maximum absolute atomic E-state index is 12.3. The number of aliphatic hydroxyl groups excluding tert-OH is 1. The van der Waals surface area contributed by atoms with Crippen LogP contribution in [0.15, 0.2) is 12.1 Å². The van der Waals surface area contributed by atoms with Crippen LogP contribution in [0.2, 0.25) is 5.15 Å². The molecule has 1 aromatic heterocycles.